The predicted molar refractivity (Wildman–Crippen MR) is 72.3 cm³/mol. The molecule has 17 heavy (non-hydrogen) atoms. The van der Waals surface area contributed by atoms with E-state index in [1.165, 1.54) is 5.56 Å². The second-order valence-corrected chi connectivity index (χ2v) is 5.31. The molecule has 0 atom stereocenters. The molecule has 2 N–H and O–H groups in total. The van der Waals surface area contributed by atoms with Crippen LogP contribution in [0.25, 0.3) is 0 Å². The van der Waals surface area contributed by atoms with E-state index < -0.39 is 0 Å². The van der Waals surface area contributed by atoms with Gasteiger partial charge < -0.3 is 15.2 Å². The second-order valence-electron chi connectivity index (χ2n) is 3.80. The molecule has 0 saturated heterocycles. The van der Waals surface area contributed by atoms with E-state index in [0.717, 1.165) is 30.2 Å². The number of rotatable bonds is 5. The summed E-state index contributed by atoms with van der Waals surface area (Å²) in [6.07, 6.45) is 1.04. The monoisotopic (exact) mass is 273 g/mol. The number of ether oxygens (including phenoxy) is 2. The normalized spacial score (nSPS) is 13.8. The summed E-state index contributed by atoms with van der Waals surface area (Å²) in [5.74, 6) is 3.44. The van der Waals surface area contributed by atoms with Crippen LogP contribution in [-0.2, 0) is 5.75 Å². The second kappa shape index (κ2) is 6.38. The van der Waals surface area contributed by atoms with Crippen LogP contribution in [0.15, 0.2) is 12.1 Å². The quantitative estimate of drug-likeness (QED) is 0.838. The molecular weight excluding hydrogens is 258 g/mol. The first-order valence-corrected chi connectivity index (χ1v) is 7.20. The Balaban J connectivity index is 2.01. The molecule has 0 radical (unpaired) electrons. The minimum Gasteiger partial charge on any atom is -0.486 e. The van der Waals surface area contributed by atoms with Crippen molar-refractivity contribution in [3.05, 3.63) is 22.7 Å². The van der Waals surface area contributed by atoms with E-state index in [9.17, 15) is 0 Å². The van der Waals surface area contributed by atoms with Gasteiger partial charge in [-0.1, -0.05) is 11.6 Å². The number of fused-ring (bicyclic) bond motifs is 1. The molecule has 0 saturated carbocycles. The molecule has 1 aliphatic rings. The third-order valence-corrected chi connectivity index (χ3v) is 3.81. The van der Waals surface area contributed by atoms with Crippen LogP contribution in [0, 0.1) is 0 Å². The average molecular weight is 274 g/mol. The Labute approximate surface area is 111 Å². The number of hydrogen-bond acceptors (Lipinski definition) is 4. The van der Waals surface area contributed by atoms with Crippen LogP contribution in [0.2, 0.25) is 5.02 Å². The Kier molecular flexibility index (Phi) is 4.83. The van der Waals surface area contributed by atoms with Gasteiger partial charge in [-0.05, 0) is 36.4 Å². The molecule has 1 aromatic carbocycles. The molecule has 1 aliphatic heterocycles. The van der Waals surface area contributed by atoms with E-state index in [1.54, 1.807) is 0 Å². The van der Waals surface area contributed by atoms with E-state index in [-0.39, 0.29) is 0 Å². The summed E-state index contributed by atoms with van der Waals surface area (Å²) in [6.45, 7) is 1.90. The number of thioether (sulfide) groups is 1. The van der Waals surface area contributed by atoms with Gasteiger partial charge in [-0.2, -0.15) is 11.8 Å². The van der Waals surface area contributed by atoms with Crippen LogP contribution in [0.1, 0.15) is 12.0 Å². The molecule has 2 rings (SSSR count). The number of benzene rings is 1. The molecule has 0 aromatic heterocycles. The van der Waals surface area contributed by atoms with Crippen molar-refractivity contribution in [3.8, 4) is 11.5 Å². The van der Waals surface area contributed by atoms with Crippen molar-refractivity contribution in [2.75, 3.05) is 25.5 Å². The maximum atomic E-state index is 6.15. The van der Waals surface area contributed by atoms with Crippen LogP contribution in [0.3, 0.4) is 0 Å². The van der Waals surface area contributed by atoms with E-state index >= 15 is 0 Å². The summed E-state index contributed by atoms with van der Waals surface area (Å²) in [5.41, 5.74) is 6.62. The molecule has 1 aromatic rings. The fraction of sp³-hybridized carbons (Fsp3) is 0.500. The zero-order valence-corrected chi connectivity index (χ0v) is 11.1. The van der Waals surface area contributed by atoms with Crippen LogP contribution in [-0.4, -0.2) is 25.5 Å². The van der Waals surface area contributed by atoms with Crippen molar-refractivity contribution in [2.45, 2.75) is 12.2 Å². The molecule has 0 aliphatic carbocycles. The molecule has 5 heteroatoms. The van der Waals surface area contributed by atoms with Gasteiger partial charge in [-0.25, -0.2) is 0 Å². The summed E-state index contributed by atoms with van der Waals surface area (Å²) >= 11 is 8.01. The van der Waals surface area contributed by atoms with Gasteiger partial charge in [0.25, 0.3) is 0 Å². The predicted octanol–water partition coefficient (Wildman–Crippen LogP) is 2.69. The molecular formula is C12H16ClNO2S. The highest BCUT2D eigenvalue weighted by Crippen LogP contribution is 2.39. The molecule has 0 amide bonds. The Morgan fingerprint density at radius 1 is 1.29 bits per heavy atom. The fourth-order valence-electron chi connectivity index (χ4n) is 1.62. The van der Waals surface area contributed by atoms with E-state index in [1.807, 2.05) is 23.9 Å². The van der Waals surface area contributed by atoms with Gasteiger partial charge in [-0.3, -0.25) is 0 Å². The first-order chi connectivity index (χ1) is 8.31. The van der Waals surface area contributed by atoms with Gasteiger partial charge in [0.15, 0.2) is 11.5 Å². The topological polar surface area (TPSA) is 44.5 Å². The lowest BCUT2D eigenvalue weighted by Crippen LogP contribution is -2.15. The molecule has 0 bridgehead atoms. The maximum Gasteiger partial charge on any atom is 0.179 e. The highest BCUT2D eigenvalue weighted by molar-refractivity contribution is 7.98. The summed E-state index contributed by atoms with van der Waals surface area (Å²) in [7, 11) is 0. The minimum absolute atomic E-state index is 0.567. The van der Waals surface area contributed by atoms with Gasteiger partial charge in [0.05, 0.1) is 5.02 Å². The van der Waals surface area contributed by atoms with E-state index in [0.29, 0.717) is 24.0 Å². The fourth-order valence-corrected chi connectivity index (χ4v) is 2.83. The number of hydrogen-bond donors (Lipinski definition) is 1. The van der Waals surface area contributed by atoms with Crippen molar-refractivity contribution < 1.29 is 9.47 Å². The summed E-state index contributed by atoms with van der Waals surface area (Å²) in [5, 5.41) is 0.636. The van der Waals surface area contributed by atoms with Crippen molar-refractivity contribution in [1.29, 1.82) is 0 Å². The number of halogens is 1. The molecule has 3 nitrogen and oxygen atoms in total. The van der Waals surface area contributed by atoms with Crippen molar-refractivity contribution in [2.24, 2.45) is 5.73 Å². The van der Waals surface area contributed by atoms with E-state index in [2.05, 4.69) is 0 Å². The Hall–Kier alpha value is -0.580. The van der Waals surface area contributed by atoms with Gasteiger partial charge in [0.2, 0.25) is 0 Å². The lowest BCUT2D eigenvalue weighted by Gasteiger charge is -2.20. The average Bonchev–Trinajstić information content (AvgIpc) is 2.35. The minimum atomic E-state index is 0.567. The molecule has 0 unspecified atom stereocenters. The molecule has 1 heterocycles. The maximum absolute atomic E-state index is 6.15. The van der Waals surface area contributed by atoms with E-state index in [4.69, 9.17) is 26.8 Å². The van der Waals surface area contributed by atoms with Gasteiger partial charge in [0.1, 0.15) is 13.2 Å². The summed E-state index contributed by atoms with van der Waals surface area (Å²) in [6, 6.07) is 3.96. The lowest BCUT2D eigenvalue weighted by atomic mass is 10.2. The molecule has 0 fully saturated rings. The van der Waals surface area contributed by atoms with Crippen molar-refractivity contribution in [1.82, 2.24) is 0 Å². The highest BCUT2D eigenvalue weighted by atomic mass is 35.5. The van der Waals surface area contributed by atoms with Crippen LogP contribution in [0.5, 0.6) is 11.5 Å². The molecule has 94 valence electrons. The van der Waals surface area contributed by atoms with Crippen LogP contribution >= 0.6 is 23.4 Å². The Bertz CT molecular complexity index is 387. The van der Waals surface area contributed by atoms with Gasteiger partial charge >= 0.3 is 0 Å². The zero-order valence-electron chi connectivity index (χ0n) is 9.58. The zero-order chi connectivity index (χ0) is 12.1. The van der Waals surface area contributed by atoms with Crippen molar-refractivity contribution in [3.63, 3.8) is 0 Å². The Morgan fingerprint density at radius 2 is 2.12 bits per heavy atom. The largest absolute Gasteiger partial charge is 0.486 e. The van der Waals surface area contributed by atoms with Gasteiger partial charge in [0, 0.05) is 5.75 Å². The first-order valence-electron chi connectivity index (χ1n) is 5.67. The Morgan fingerprint density at radius 3 is 2.94 bits per heavy atom. The summed E-state index contributed by atoms with van der Waals surface area (Å²) in [4.78, 5) is 0. The number of nitrogens with two attached hydrogens (primary N) is 1. The smallest absolute Gasteiger partial charge is 0.179 e. The lowest BCUT2D eigenvalue weighted by molar-refractivity contribution is 0.171. The first kappa shape index (κ1) is 12.9. The summed E-state index contributed by atoms with van der Waals surface area (Å²) < 4.78 is 11.0. The van der Waals surface area contributed by atoms with Crippen molar-refractivity contribution >= 4 is 23.4 Å². The molecule has 0 spiro atoms. The highest BCUT2D eigenvalue weighted by Gasteiger charge is 2.16. The van der Waals surface area contributed by atoms with Gasteiger partial charge in [-0.15, -0.1) is 0 Å². The van der Waals surface area contributed by atoms with Crippen LogP contribution < -0.4 is 15.2 Å². The third-order valence-electron chi connectivity index (χ3n) is 2.42. The standard InChI is InChI=1S/C12H16ClNO2S/c13-10-6-9(8-17-5-1-2-14)7-11-12(10)16-4-3-15-11/h6-7H,1-5,8,14H2. The SMILES string of the molecule is NCCCSCc1cc(Cl)c2c(c1)OCCO2. The third kappa shape index (κ3) is 3.44. The van der Waals surface area contributed by atoms with Crippen LogP contribution in [0.4, 0.5) is 0 Å².